The van der Waals surface area contributed by atoms with Gasteiger partial charge < -0.3 is 9.47 Å². The maximum absolute atomic E-state index is 8.57. The first kappa shape index (κ1) is 12.9. The van der Waals surface area contributed by atoms with Gasteiger partial charge >= 0.3 is 0 Å². The monoisotopic (exact) mass is 230 g/mol. The number of benzene rings is 1. The summed E-state index contributed by atoms with van der Waals surface area (Å²) in [4.78, 5) is 0. The molecule has 2 unspecified atom stereocenters. The fourth-order valence-corrected chi connectivity index (χ4v) is 1.91. The largest absolute Gasteiger partial charge is 0.424 e. The zero-order valence-corrected chi connectivity index (χ0v) is 9.83. The molecule has 0 aliphatic carbocycles. The van der Waals surface area contributed by atoms with Crippen molar-refractivity contribution in [2.75, 3.05) is 0 Å². The van der Waals surface area contributed by atoms with Gasteiger partial charge in [-0.25, -0.2) is 0 Å². The number of nitriles is 2. The first-order valence-electron chi connectivity index (χ1n) is 5.35. The Balaban J connectivity index is 2.95. The summed E-state index contributed by atoms with van der Waals surface area (Å²) < 4.78 is 9.88. The molecular formula is C13H14N2O2. The molecule has 0 spiro atoms. The molecule has 0 aliphatic heterocycles. The van der Waals surface area contributed by atoms with Gasteiger partial charge in [-0.15, -0.1) is 0 Å². The molecule has 0 N–H and O–H groups in total. The van der Waals surface area contributed by atoms with Gasteiger partial charge in [0.15, 0.2) is 0 Å². The third-order valence-corrected chi connectivity index (χ3v) is 2.67. The van der Waals surface area contributed by atoms with Crippen LogP contribution in [0.3, 0.4) is 0 Å². The Morgan fingerprint density at radius 2 is 1.41 bits per heavy atom. The minimum atomic E-state index is -0.342. The van der Waals surface area contributed by atoms with Crippen LogP contribution in [0.5, 0.6) is 0 Å². The Morgan fingerprint density at radius 3 is 1.82 bits per heavy atom. The minimum Gasteiger partial charge on any atom is -0.424 e. The number of hydrogen-bond acceptors (Lipinski definition) is 4. The van der Waals surface area contributed by atoms with E-state index in [9.17, 15) is 0 Å². The van der Waals surface area contributed by atoms with Gasteiger partial charge in [0.05, 0.1) is 5.92 Å². The second kappa shape index (κ2) is 6.40. The summed E-state index contributed by atoms with van der Waals surface area (Å²) >= 11 is 0. The van der Waals surface area contributed by atoms with E-state index in [1.165, 1.54) is 0 Å². The molecule has 2 atom stereocenters. The Hall–Kier alpha value is -2.20. The van der Waals surface area contributed by atoms with Gasteiger partial charge in [-0.2, -0.15) is 10.5 Å². The molecule has 1 rings (SSSR count). The molecule has 0 radical (unpaired) electrons. The second-order valence-corrected chi connectivity index (χ2v) is 3.76. The third-order valence-electron chi connectivity index (χ3n) is 2.67. The van der Waals surface area contributed by atoms with Crippen molar-refractivity contribution in [1.82, 2.24) is 0 Å². The van der Waals surface area contributed by atoms with Crippen LogP contribution < -0.4 is 0 Å². The summed E-state index contributed by atoms with van der Waals surface area (Å²) in [6.45, 7) is 3.58. The number of hydrogen-bond donors (Lipinski definition) is 0. The molecule has 0 amide bonds. The van der Waals surface area contributed by atoms with Crippen LogP contribution in [0.25, 0.3) is 0 Å². The fourth-order valence-electron chi connectivity index (χ4n) is 1.91. The van der Waals surface area contributed by atoms with Gasteiger partial charge in [-0.3, -0.25) is 0 Å². The average Bonchev–Trinajstić information content (AvgIpc) is 2.31. The van der Waals surface area contributed by atoms with Crippen molar-refractivity contribution >= 4 is 0 Å². The average molecular weight is 230 g/mol. The topological polar surface area (TPSA) is 66.0 Å². The van der Waals surface area contributed by atoms with Crippen molar-refractivity contribution in [2.45, 2.75) is 32.0 Å². The van der Waals surface area contributed by atoms with Crippen LogP contribution in [-0.2, 0) is 9.47 Å². The van der Waals surface area contributed by atoms with Gasteiger partial charge in [-0.1, -0.05) is 30.3 Å². The van der Waals surface area contributed by atoms with Crippen LogP contribution in [0.1, 0.15) is 25.3 Å². The van der Waals surface area contributed by atoms with Crippen molar-refractivity contribution in [3.05, 3.63) is 35.9 Å². The zero-order valence-electron chi connectivity index (χ0n) is 9.83. The molecule has 0 aromatic heterocycles. The van der Waals surface area contributed by atoms with Crippen molar-refractivity contribution in [1.29, 1.82) is 10.5 Å². The van der Waals surface area contributed by atoms with E-state index in [1.54, 1.807) is 26.4 Å². The highest BCUT2D eigenvalue weighted by molar-refractivity contribution is 5.22. The highest BCUT2D eigenvalue weighted by Crippen LogP contribution is 2.27. The molecule has 1 aromatic carbocycles. The van der Waals surface area contributed by atoms with Crippen molar-refractivity contribution in [2.24, 2.45) is 0 Å². The first-order chi connectivity index (χ1) is 8.20. The quantitative estimate of drug-likeness (QED) is 0.729. The van der Waals surface area contributed by atoms with E-state index in [-0.39, 0.29) is 18.1 Å². The summed E-state index contributed by atoms with van der Waals surface area (Å²) in [6, 6.07) is 9.57. The van der Waals surface area contributed by atoms with Gasteiger partial charge in [0.25, 0.3) is 12.5 Å². The molecule has 0 bridgehead atoms. The number of nitrogens with zero attached hydrogens (tertiary/aromatic N) is 2. The number of rotatable bonds is 5. The van der Waals surface area contributed by atoms with E-state index in [4.69, 9.17) is 20.0 Å². The first-order valence-corrected chi connectivity index (χ1v) is 5.35. The highest BCUT2D eigenvalue weighted by atomic mass is 16.5. The van der Waals surface area contributed by atoms with Crippen molar-refractivity contribution < 1.29 is 9.47 Å². The molecule has 0 saturated carbocycles. The van der Waals surface area contributed by atoms with E-state index in [0.717, 1.165) is 5.56 Å². The summed E-state index contributed by atoms with van der Waals surface area (Å²) in [5, 5.41) is 17.1. The normalized spacial score (nSPS) is 14.8. The standard InChI is InChI=1S/C13H14N2O2/c1-10(16-8-14)13(11(2)17-9-15)12-6-4-3-5-7-12/h3-7,10-11,13H,1-2H3. The maximum atomic E-state index is 8.57. The highest BCUT2D eigenvalue weighted by Gasteiger charge is 2.28. The van der Waals surface area contributed by atoms with E-state index in [2.05, 4.69) is 0 Å². The summed E-state index contributed by atoms with van der Waals surface area (Å²) in [5.41, 5.74) is 0.984. The minimum absolute atomic E-state index is 0.157. The third kappa shape index (κ3) is 3.39. The smallest absolute Gasteiger partial charge is 0.286 e. The van der Waals surface area contributed by atoms with E-state index < -0.39 is 0 Å². The van der Waals surface area contributed by atoms with E-state index in [1.807, 2.05) is 30.3 Å². The molecule has 17 heavy (non-hydrogen) atoms. The second-order valence-electron chi connectivity index (χ2n) is 3.76. The molecule has 1 aromatic rings. The molecule has 0 fully saturated rings. The van der Waals surface area contributed by atoms with Crippen molar-refractivity contribution in [3.8, 4) is 12.5 Å². The molecular weight excluding hydrogens is 216 g/mol. The van der Waals surface area contributed by atoms with Gasteiger partial charge in [0.1, 0.15) is 12.2 Å². The van der Waals surface area contributed by atoms with E-state index in [0.29, 0.717) is 0 Å². The Bertz CT molecular complexity index is 397. The lowest BCUT2D eigenvalue weighted by atomic mass is 9.89. The summed E-state index contributed by atoms with van der Waals surface area (Å²) in [7, 11) is 0. The lowest BCUT2D eigenvalue weighted by molar-refractivity contribution is 0.0652. The maximum Gasteiger partial charge on any atom is 0.286 e. The lowest BCUT2D eigenvalue weighted by Crippen LogP contribution is -2.28. The van der Waals surface area contributed by atoms with Crippen molar-refractivity contribution in [3.63, 3.8) is 0 Å². The zero-order chi connectivity index (χ0) is 12.7. The predicted octanol–water partition coefficient (Wildman–Crippen LogP) is 2.54. The SMILES string of the molecule is CC(OC#N)C(c1ccccc1)C(C)OC#N. The Labute approximate surface area is 101 Å². The molecule has 0 saturated heterocycles. The summed E-state index contributed by atoms with van der Waals surface area (Å²) in [6.07, 6.45) is 2.67. The van der Waals surface area contributed by atoms with Crippen LogP contribution in [0.15, 0.2) is 30.3 Å². The van der Waals surface area contributed by atoms with Crippen LogP contribution in [0, 0.1) is 23.0 Å². The van der Waals surface area contributed by atoms with Crippen LogP contribution in [0.2, 0.25) is 0 Å². The molecule has 4 heteroatoms. The van der Waals surface area contributed by atoms with E-state index >= 15 is 0 Å². The lowest BCUT2D eigenvalue weighted by Gasteiger charge is -2.26. The van der Waals surface area contributed by atoms with Crippen LogP contribution in [0.4, 0.5) is 0 Å². The molecule has 0 heterocycles. The summed E-state index contributed by atoms with van der Waals surface area (Å²) in [5.74, 6) is -0.157. The Kier molecular flexibility index (Phi) is 4.84. The predicted molar refractivity (Wildman–Crippen MR) is 61.5 cm³/mol. The number of ether oxygens (including phenoxy) is 2. The fraction of sp³-hybridized carbons (Fsp3) is 0.385. The van der Waals surface area contributed by atoms with Crippen LogP contribution >= 0.6 is 0 Å². The molecule has 4 nitrogen and oxygen atoms in total. The van der Waals surface area contributed by atoms with Gasteiger partial charge in [-0.05, 0) is 19.4 Å². The molecule has 0 aliphatic rings. The van der Waals surface area contributed by atoms with Gasteiger partial charge in [0.2, 0.25) is 0 Å². The van der Waals surface area contributed by atoms with Crippen LogP contribution in [-0.4, -0.2) is 12.2 Å². The Morgan fingerprint density at radius 1 is 0.941 bits per heavy atom. The molecule has 88 valence electrons. The van der Waals surface area contributed by atoms with Gasteiger partial charge in [0, 0.05) is 0 Å².